The molecule has 84 valence electrons. The maximum absolute atomic E-state index is 6.02. The fourth-order valence-corrected chi connectivity index (χ4v) is 1.59. The van der Waals surface area contributed by atoms with Crippen LogP contribution in [0.3, 0.4) is 0 Å². The minimum atomic E-state index is 0.271. The van der Waals surface area contributed by atoms with Crippen LogP contribution in [0.2, 0.25) is 5.15 Å². The average molecular weight is 237 g/mol. The summed E-state index contributed by atoms with van der Waals surface area (Å²) < 4.78 is 0. The monoisotopic (exact) mass is 236 g/mol. The smallest absolute Gasteiger partial charge is 0.172 e. The van der Waals surface area contributed by atoms with Crippen molar-refractivity contribution in [3.05, 3.63) is 23.1 Å². The minimum absolute atomic E-state index is 0.271. The van der Waals surface area contributed by atoms with Gasteiger partial charge in [-0.05, 0) is 26.8 Å². The molecule has 0 saturated carbocycles. The van der Waals surface area contributed by atoms with E-state index in [0.717, 1.165) is 11.2 Å². The second-order valence-electron chi connectivity index (χ2n) is 3.98. The van der Waals surface area contributed by atoms with Crippen LogP contribution in [-0.4, -0.2) is 21.0 Å². The van der Waals surface area contributed by atoms with Crippen LogP contribution in [-0.2, 0) is 0 Å². The number of aryl methyl sites for hydroxylation is 1. The van der Waals surface area contributed by atoms with Crippen LogP contribution in [0.15, 0.2) is 12.3 Å². The molecule has 2 aromatic heterocycles. The molecule has 0 aliphatic rings. The predicted molar refractivity (Wildman–Crippen MR) is 65.8 cm³/mol. The van der Waals surface area contributed by atoms with Crippen molar-refractivity contribution in [1.82, 2.24) is 15.0 Å². The van der Waals surface area contributed by atoms with Crippen LogP contribution in [0.5, 0.6) is 0 Å². The van der Waals surface area contributed by atoms with E-state index in [4.69, 9.17) is 11.6 Å². The summed E-state index contributed by atoms with van der Waals surface area (Å²) in [6.45, 7) is 5.98. The lowest BCUT2D eigenvalue weighted by molar-refractivity contribution is 0.889. The third-order valence-corrected chi connectivity index (χ3v) is 2.33. The summed E-state index contributed by atoms with van der Waals surface area (Å²) in [6.07, 6.45) is 1.68. The van der Waals surface area contributed by atoms with E-state index in [0.29, 0.717) is 16.5 Å². The first-order valence-corrected chi connectivity index (χ1v) is 5.50. The molecule has 4 nitrogen and oxygen atoms in total. The Hall–Kier alpha value is -1.42. The van der Waals surface area contributed by atoms with Crippen molar-refractivity contribution in [2.24, 2.45) is 0 Å². The lowest BCUT2D eigenvalue weighted by Crippen LogP contribution is -2.12. The fourth-order valence-electron chi connectivity index (χ4n) is 1.40. The molecule has 0 aliphatic carbocycles. The molecule has 0 saturated heterocycles. The second kappa shape index (κ2) is 4.22. The Morgan fingerprint density at radius 3 is 2.69 bits per heavy atom. The first-order chi connectivity index (χ1) is 7.56. The molecule has 0 amide bonds. The van der Waals surface area contributed by atoms with Crippen LogP contribution in [0, 0.1) is 6.92 Å². The topological polar surface area (TPSA) is 50.7 Å². The molecule has 0 spiro atoms. The van der Waals surface area contributed by atoms with Gasteiger partial charge in [-0.3, -0.25) is 4.98 Å². The van der Waals surface area contributed by atoms with E-state index in [9.17, 15) is 0 Å². The second-order valence-corrected chi connectivity index (χ2v) is 4.33. The molecule has 0 aromatic carbocycles. The Bertz CT molecular complexity index is 525. The standard InChI is InChI=1S/C11H13ClN4/c1-6(2)14-11-10(12)15-9-5-13-7(3)4-8(9)16-11/h4-6H,1-3H3,(H,14,16). The Balaban J connectivity index is 2.55. The quantitative estimate of drug-likeness (QED) is 0.871. The largest absolute Gasteiger partial charge is 0.365 e. The van der Waals surface area contributed by atoms with E-state index in [1.165, 1.54) is 0 Å². The molecule has 0 aliphatic heterocycles. The third kappa shape index (κ3) is 2.22. The van der Waals surface area contributed by atoms with Gasteiger partial charge in [-0.25, -0.2) is 9.97 Å². The van der Waals surface area contributed by atoms with Gasteiger partial charge < -0.3 is 5.32 Å². The molecule has 0 atom stereocenters. The number of aromatic nitrogens is 3. The number of anilines is 1. The van der Waals surface area contributed by atoms with Crippen molar-refractivity contribution in [3.63, 3.8) is 0 Å². The first-order valence-electron chi connectivity index (χ1n) is 5.12. The zero-order valence-corrected chi connectivity index (χ0v) is 10.2. The first kappa shape index (κ1) is 11.1. The summed E-state index contributed by atoms with van der Waals surface area (Å²) in [5.41, 5.74) is 2.43. The highest BCUT2D eigenvalue weighted by Crippen LogP contribution is 2.21. The molecule has 2 heterocycles. The molecular formula is C11H13ClN4. The Morgan fingerprint density at radius 2 is 2.00 bits per heavy atom. The van der Waals surface area contributed by atoms with Gasteiger partial charge in [-0.15, -0.1) is 0 Å². The Morgan fingerprint density at radius 1 is 1.25 bits per heavy atom. The van der Waals surface area contributed by atoms with Gasteiger partial charge >= 0.3 is 0 Å². The number of nitrogens with one attached hydrogen (secondary N) is 1. The summed E-state index contributed by atoms with van der Waals surface area (Å²) in [5, 5.41) is 3.54. The Labute approximate surface area is 99.1 Å². The number of fused-ring (bicyclic) bond motifs is 1. The molecule has 0 fully saturated rings. The molecule has 2 aromatic rings. The highest BCUT2D eigenvalue weighted by atomic mass is 35.5. The SMILES string of the molecule is Cc1cc2nc(NC(C)C)c(Cl)nc2cn1. The highest BCUT2D eigenvalue weighted by molar-refractivity contribution is 6.32. The number of pyridine rings is 1. The van der Waals surface area contributed by atoms with Gasteiger partial charge in [0, 0.05) is 11.7 Å². The van der Waals surface area contributed by atoms with E-state index < -0.39 is 0 Å². The number of hydrogen-bond acceptors (Lipinski definition) is 4. The third-order valence-electron chi connectivity index (χ3n) is 2.07. The van der Waals surface area contributed by atoms with Gasteiger partial charge in [-0.1, -0.05) is 11.6 Å². The zero-order valence-electron chi connectivity index (χ0n) is 9.45. The molecular weight excluding hydrogens is 224 g/mol. The summed E-state index contributed by atoms with van der Waals surface area (Å²) in [4.78, 5) is 12.8. The number of hydrogen-bond donors (Lipinski definition) is 1. The van der Waals surface area contributed by atoms with Gasteiger partial charge in [0.15, 0.2) is 11.0 Å². The van der Waals surface area contributed by atoms with E-state index in [1.54, 1.807) is 6.20 Å². The molecule has 0 radical (unpaired) electrons. The molecule has 5 heteroatoms. The zero-order chi connectivity index (χ0) is 11.7. The normalized spacial score (nSPS) is 11.1. The number of nitrogens with zero attached hydrogens (tertiary/aromatic N) is 3. The van der Waals surface area contributed by atoms with Crippen LogP contribution < -0.4 is 5.32 Å². The van der Waals surface area contributed by atoms with Gasteiger partial charge in [0.2, 0.25) is 0 Å². The Kier molecular flexibility index (Phi) is 2.92. The van der Waals surface area contributed by atoms with Gasteiger partial charge in [0.1, 0.15) is 5.52 Å². The molecule has 0 unspecified atom stereocenters. The lowest BCUT2D eigenvalue weighted by atomic mass is 10.3. The summed E-state index contributed by atoms with van der Waals surface area (Å²) >= 11 is 6.02. The highest BCUT2D eigenvalue weighted by Gasteiger charge is 2.08. The van der Waals surface area contributed by atoms with Crippen molar-refractivity contribution in [1.29, 1.82) is 0 Å². The molecule has 0 bridgehead atoms. The summed E-state index contributed by atoms with van der Waals surface area (Å²) in [7, 11) is 0. The summed E-state index contributed by atoms with van der Waals surface area (Å²) in [5.74, 6) is 0.620. The molecule has 1 N–H and O–H groups in total. The van der Waals surface area contributed by atoms with Crippen molar-refractivity contribution in [2.45, 2.75) is 26.8 Å². The number of rotatable bonds is 2. The summed E-state index contributed by atoms with van der Waals surface area (Å²) in [6, 6.07) is 2.16. The minimum Gasteiger partial charge on any atom is -0.365 e. The van der Waals surface area contributed by atoms with E-state index in [2.05, 4.69) is 20.3 Å². The van der Waals surface area contributed by atoms with E-state index in [1.807, 2.05) is 26.8 Å². The van der Waals surface area contributed by atoms with Crippen LogP contribution >= 0.6 is 11.6 Å². The van der Waals surface area contributed by atoms with Gasteiger partial charge in [0.25, 0.3) is 0 Å². The number of halogens is 1. The van der Waals surface area contributed by atoms with Gasteiger partial charge in [0.05, 0.1) is 11.7 Å². The fraction of sp³-hybridized carbons (Fsp3) is 0.364. The van der Waals surface area contributed by atoms with Gasteiger partial charge in [-0.2, -0.15) is 0 Å². The van der Waals surface area contributed by atoms with Crippen molar-refractivity contribution < 1.29 is 0 Å². The van der Waals surface area contributed by atoms with Crippen LogP contribution in [0.25, 0.3) is 11.0 Å². The predicted octanol–water partition coefficient (Wildman–Crippen LogP) is 2.81. The van der Waals surface area contributed by atoms with Crippen molar-refractivity contribution in [2.75, 3.05) is 5.32 Å². The maximum Gasteiger partial charge on any atom is 0.172 e. The molecule has 16 heavy (non-hydrogen) atoms. The van der Waals surface area contributed by atoms with Crippen LogP contribution in [0.4, 0.5) is 5.82 Å². The van der Waals surface area contributed by atoms with E-state index >= 15 is 0 Å². The van der Waals surface area contributed by atoms with E-state index in [-0.39, 0.29) is 6.04 Å². The van der Waals surface area contributed by atoms with Crippen molar-refractivity contribution in [3.8, 4) is 0 Å². The maximum atomic E-state index is 6.02. The van der Waals surface area contributed by atoms with Crippen LogP contribution in [0.1, 0.15) is 19.5 Å². The lowest BCUT2D eigenvalue weighted by Gasteiger charge is -2.10. The average Bonchev–Trinajstić information content (AvgIpc) is 2.19. The molecule has 2 rings (SSSR count). The van der Waals surface area contributed by atoms with Crippen molar-refractivity contribution >= 4 is 28.5 Å².